The normalized spacial score (nSPS) is 22.1. The number of amides is 1. The number of ether oxygens (including phenoxy) is 2. The Labute approximate surface area is 176 Å². The topological polar surface area (TPSA) is 75.2 Å². The van der Waals surface area contributed by atoms with Crippen molar-refractivity contribution in [2.24, 2.45) is 10.9 Å². The van der Waals surface area contributed by atoms with E-state index >= 15 is 0 Å². The Balaban J connectivity index is 1.27. The minimum absolute atomic E-state index is 0.201. The number of carbonyl (C=O) groups is 1. The van der Waals surface area contributed by atoms with Gasteiger partial charge in [-0.3, -0.25) is 9.79 Å². The minimum atomic E-state index is 0.201. The summed E-state index contributed by atoms with van der Waals surface area (Å²) in [6, 6.07) is 4.01. The van der Waals surface area contributed by atoms with E-state index in [-0.39, 0.29) is 18.8 Å². The Morgan fingerprint density at radius 2 is 2.07 bits per heavy atom. The van der Waals surface area contributed by atoms with Crippen LogP contribution >= 0.6 is 11.6 Å². The monoisotopic (exact) mass is 420 g/mol. The molecule has 1 unspecified atom stereocenters. The van der Waals surface area contributed by atoms with Crippen LogP contribution in [0.5, 0.6) is 11.5 Å². The lowest BCUT2D eigenvalue weighted by Gasteiger charge is -2.26. The highest BCUT2D eigenvalue weighted by Crippen LogP contribution is 2.39. The molecule has 29 heavy (non-hydrogen) atoms. The summed E-state index contributed by atoms with van der Waals surface area (Å²) >= 11 is 6.26. The molecule has 1 saturated heterocycles. The summed E-state index contributed by atoms with van der Waals surface area (Å²) in [7, 11) is 1.75. The standard InChI is InChI=1S/C21H29ClN4O3/c1-23-21(24-11-14-9-17(22)19-18(10-14)28-13-29-19)25-16-7-8-26(12-16)20(27)15-5-3-2-4-6-15/h9-10,15-16H,2-8,11-13H2,1H3,(H2,23,24,25). The van der Waals surface area contributed by atoms with Crippen LogP contribution in [0.3, 0.4) is 0 Å². The largest absolute Gasteiger partial charge is 0.454 e. The molecule has 8 heteroatoms. The van der Waals surface area contributed by atoms with E-state index in [1.165, 1.54) is 19.3 Å². The zero-order valence-electron chi connectivity index (χ0n) is 16.9. The zero-order chi connectivity index (χ0) is 20.2. The highest BCUT2D eigenvalue weighted by Gasteiger charge is 2.31. The Morgan fingerprint density at radius 3 is 2.86 bits per heavy atom. The van der Waals surface area contributed by atoms with Crippen molar-refractivity contribution in [3.05, 3.63) is 22.7 Å². The van der Waals surface area contributed by atoms with Crippen molar-refractivity contribution in [3.8, 4) is 11.5 Å². The summed E-state index contributed by atoms with van der Waals surface area (Å²) in [5.41, 5.74) is 0.989. The van der Waals surface area contributed by atoms with Crippen molar-refractivity contribution in [1.82, 2.24) is 15.5 Å². The van der Waals surface area contributed by atoms with Gasteiger partial charge in [0.15, 0.2) is 17.5 Å². The number of carbonyl (C=O) groups excluding carboxylic acids is 1. The molecule has 0 bridgehead atoms. The Bertz CT molecular complexity index is 779. The number of nitrogens with zero attached hydrogens (tertiary/aromatic N) is 2. The molecule has 1 aliphatic carbocycles. The summed E-state index contributed by atoms with van der Waals surface area (Å²) in [5.74, 6) is 2.56. The molecule has 1 atom stereocenters. The van der Waals surface area contributed by atoms with E-state index in [1.54, 1.807) is 7.05 Å². The third kappa shape index (κ3) is 4.71. The first-order valence-electron chi connectivity index (χ1n) is 10.5. The van der Waals surface area contributed by atoms with Crippen LogP contribution < -0.4 is 20.1 Å². The fraction of sp³-hybridized carbons (Fsp3) is 0.619. The number of benzene rings is 1. The van der Waals surface area contributed by atoms with E-state index < -0.39 is 0 Å². The van der Waals surface area contributed by atoms with Crippen molar-refractivity contribution < 1.29 is 14.3 Å². The maximum Gasteiger partial charge on any atom is 0.231 e. The van der Waals surface area contributed by atoms with Gasteiger partial charge in [-0.05, 0) is 37.0 Å². The molecular weight excluding hydrogens is 392 g/mol. The number of guanidine groups is 1. The van der Waals surface area contributed by atoms with Crippen molar-refractivity contribution in [2.75, 3.05) is 26.9 Å². The van der Waals surface area contributed by atoms with Crippen LogP contribution in [-0.2, 0) is 11.3 Å². The lowest BCUT2D eigenvalue weighted by atomic mass is 9.88. The van der Waals surface area contributed by atoms with Gasteiger partial charge in [-0.1, -0.05) is 30.9 Å². The summed E-state index contributed by atoms with van der Waals surface area (Å²) in [4.78, 5) is 19.1. The van der Waals surface area contributed by atoms with Gasteiger partial charge < -0.3 is 25.0 Å². The SMILES string of the molecule is CN=C(NCc1cc(Cl)c2c(c1)OCO2)NC1CCN(C(=O)C2CCCCC2)C1. The molecule has 1 aromatic rings. The number of hydrogen-bond donors (Lipinski definition) is 2. The average molecular weight is 421 g/mol. The minimum Gasteiger partial charge on any atom is -0.454 e. The molecule has 1 aromatic carbocycles. The van der Waals surface area contributed by atoms with Crippen LogP contribution in [0.4, 0.5) is 0 Å². The maximum atomic E-state index is 12.8. The summed E-state index contributed by atoms with van der Waals surface area (Å²) in [5, 5.41) is 7.31. The highest BCUT2D eigenvalue weighted by molar-refractivity contribution is 6.32. The molecule has 2 heterocycles. The van der Waals surface area contributed by atoms with Gasteiger partial charge >= 0.3 is 0 Å². The van der Waals surface area contributed by atoms with Crippen LogP contribution in [-0.4, -0.2) is 49.7 Å². The predicted molar refractivity (Wildman–Crippen MR) is 112 cm³/mol. The number of nitrogens with one attached hydrogen (secondary N) is 2. The lowest BCUT2D eigenvalue weighted by Crippen LogP contribution is -2.45. The van der Waals surface area contributed by atoms with Crippen LogP contribution in [0.1, 0.15) is 44.1 Å². The van der Waals surface area contributed by atoms with Gasteiger partial charge in [0.2, 0.25) is 12.7 Å². The first-order chi connectivity index (χ1) is 14.1. The molecule has 1 saturated carbocycles. The number of aliphatic imine (C=N–C) groups is 1. The summed E-state index contributed by atoms with van der Waals surface area (Å²) in [6.07, 6.45) is 6.68. The van der Waals surface area contributed by atoms with E-state index in [9.17, 15) is 4.79 Å². The van der Waals surface area contributed by atoms with Gasteiger partial charge in [-0.25, -0.2) is 0 Å². The maximum absolute atomic E-state index is 12.8. The average Bonchev–Trinajstić information content (AvgIpc) is 3.41. The number of fused-ring (bicyclic) bond motifs is 1. The molecule has 2 N–H and O–H groups in total. The van der Waals surface area contributed by atoms with Crippen molar-refractivity contribution in [2.45, 2.75) is 51.1 Å². The van der Waals surface area contributed by atoms with Gasteiger partial charge in [0, 0.05) is 38.6 Å². The van der Waals surface area contributed by atoms with E-state index in [0.29, 0.717) is 29.0 Å². The molecule has 2 fully saturated rings. The predicted octanol–water partition coefficient (Wildman–Crippen LogP) is 2.91. The second kappa shape index (κ2) is 9.11. The second-order valence-corrected chi connectivity index (χ2v) is 8.39. The molecule has 2 aliphatic heterocycles. The number of likely N-dealkylation sites (tertiary alicyclic amines) is 1. The third-order valence-electron chi connectivity index (χ3n) is 5.97. The van der Waals surface area contributed by atoms with E-state index in [0.717, 1.165) is 43.9 Å². The number of hydrogen-bond acceptors (Lipinski definition) is 4. The summed E-state index contributed by atoms with van der Waals surface area (Å²) in [6.45, 7) is 2.33. The molecule has 3 aliphatic rings. The Kier molecular flexibility index (Phi) is 6.33. The molecule has 0 aromatic heterocycles. The zero-order valence-corrected chi connectivity index (χ0v) is 17.6. The van der Waals surface area contributed by atoms with Gasteiger partial charge in [0.1, 0.15) is 0 Å². The molecule has 7 nitrogen and oxygen atoms in total. The molecular formula is C21H29ClN4O3. The van der Waals surface area contributed by atoms with Crippen LogP contribution in [0.25, 0.3) is 0 Å². The number of halogens is 1. The second-order valence-electron chi connectivity index (χ2n) is 7.99. The van der Waals surface area contributed by atoms with E-state index in [2.05, 4.69) is 15.6 Å². The first kappa shape index (κ1) is 20.1. The molecule has 0 radical (unpaired) electrons. The van der Waals surface area contributed by atoms with E-state index in [1.807, 2.05) is 17.0 Å². The van der Waals surface area contributed by atoms with Gasteiger partial charge in [-0.15, -0.1) is 0 Å². The first-order valence-corrected chi connectivity index (χ1v) is 10.9. The quantitative estimate of drug-likeness (QED) is 0.578. The van der Waals surface area contributed by atoms with E-state index in [4.69, 9.17) is 21.1 Å². The van der Waals surface area contributed by atoms with Gasteiger partial charge in [0.25, 0.3) is 0 Å². The van der Waals surface area contributed by atoms with Crippen LogP contribution in [0.2, 0.25) is 5.02 Å². The Morgan fingerprint density at radius 1 is 1.24 bits per heavy atom. The third-order valence-corrected chi connectivity index (χ3v) is 6.25. The molecule has 0 spiro atoms. The van der Waals surface area contributed by atoms with Crippen LogP contribution in [0, 0.1) is 5.92 Å². The fourth-order valence-corrected chi connectivity index (χ4v) is 4.67. The van der Waals surface area contributed by atoms with Crippen molar-refractivity contribution in [1.29, 1.82) is 0 Å². The van der Waals surface area contributed by atoms with Crippen molar-refractivity contribution in [3.63, 3.8) is 0 Å². The smallest absolute Gasteiger partial charge is 0.231 e. The molecule has 158 valence electrons. The molecule has 4 rings (SSSR count). The van der Waals surface area contributed by atoms with Crippen molar-refractivity contribution >= 4 is 23.5 Å². The van der Waals surface area contributed by atoms with Gasteiger partial charge in [0.05, 0.1) is 5.02 Å². The van der Waals surface area contributed by atoms with Crippen LogP contribution in [0.15, 0.2) is 17.1 Å². The van der Waals surface area contributed by atoms with Gasteiger partial charge in [-0.2, -0.15) is 0 Å². The fourth-order valence-electron chi connectivity index (χ4n) is 4.38. The highest BCUT2D eigenvalue weighted by atomic mass is 35.5. The number of rotatable bonds is 4. The summed E-state index contributed by atoms with van der Waals surface area (Å²) < 4.78 is 10.8. The Hall–Kier alpha value is -2.15. The lowest BCUT2D eigenvalue weighted by molar-refractivity contribution is -0.135. The molecule has 1 amide bonds.